The number of carbonyl (C=O) groups is 1. The summed E-state index contributed by atoms with van der Waals surface area (Å²) in [5.41, 5.74) is 2.19. The molecule has 136 valence electrons. The van der Waals surface area contributed by atoms with Crippen LogP contribution in [0.1, 0.15) is 28.5 Å². The van der Waals surface area contributed by atoms with Gasteiger partial charge in [-0.25, -0.2) is 4.79 Å². The largest absolute Gasteiger partial charge is 0.490 e. The van der Waals surface area contributed by atoms with Gasteiger partial charge >= 0.3 is 5.97 Å². The van der Waals surface area contributed by atoms with Crippen LogP contribution in [0.2, 0.25) is 5.02 Å². The second kappa shape index (κ2) is 9.01. The molecule has 3 aromatic rings. The van der Waals surface area contributed by atoms with E-state index in [2.05, 4.69) is 4.98 Å². The second-order valence-corrected chi connectivity index (χ2v) is 6.06. The first-order valence-electron chi connectivity index (χ1n) is 8.49. The quantitative estimate of drug-likeness (QED) is 0.417. The maximum absolute atomic E-state index is 12.3. The van der Waals surface area contributed by atoms with Gasteiger partial charge in [0.1, 0.15) is 0 Å². The average molecular weight is 380 g/mol. The van der Waals surface area contributed by atoms with Crippen molar-refractivity contribution in [2.24, 2.45) is 0 Å². The molecule has 0 unspecified atom stereocenters. The van der Waals surface area contributed by atoms with Gasteiger partial charge in [0.15, 0.2) is 11.5 Å². The molecule has 2 aromatic carbocycles. The summed E-state index contributed by atoms with van der Waals surface area (Å²) >= 11 is 5.85. The van der Waals surface area contributed by atoms with Crippen LogP contribution in [0.5, 0.6) is 11.5 Å². The summed E-state index contributed by atoms with van der Waals surface area (Å²) < 4.78 is 11.1. The van der Waals surface area contributed by atoms with Crippen LogP contribution < -0.4 is 9.47 Å². The third kappa shape index (κ3) is 5.19. The fourth-order valence-electron chi connectivity index (χ4n) is 2.38. The Bertz CT molecular complexity index is 938. The number of benzene rings is 2. The molecule has 0 saturated carbocycles. The second-order valence-electron chi connectivity index (χ2n) is 5.62. The van der Waals surface area contributed by atoms with Crippen LogP contribution in [-0.2, 0) is 0 Å². The number of carbonyl (C=O) groups excluding carboxylic acids is 1. The van der Waals surface area contributed by atoms with Crippen LogP contribution in [0.15, 0.2) is 66.9 Å². The van der Waals surface area contributed by atoms with Crippen molar-refractivity contribution in [2.75, 3.05) is 6.61 Å². The highest BCUT2D eigenvalue weighted by molar-refractivity contribution is 6.30. The Morgan fingerprint density at radius 1 is 1.04 bits per heavy atom. The van der Waals surface area contributed by atoms with E-state index < -0.39 is 5.97 Å². The minimum atomic E-state index is -0.468. The molecule has 27 heavy (non-hydrogen) atoms. The number of rotatable bonds is 6. The first kappa shape index (κ1) is 18.7. The third-order valence-corrected chi connectivity index (χ3v) is 3.94. The predicted molar refractivity (Wildman–Crippen MR) is 107 cm³/mol. The van der Waals surface area contributed by atoms with Crippen LogP contribution >= 0.6 is 11.6 Å². The summed E-state index contributed by atoms with van der Waals surface area (Å²) in [5, 5.41) is 0.561. The van der Waals surface area contributed by atoms with Gasteiger partial charge < -0.3 is 9.47 Å². The number of hydrogen-bond donors (Lipinski definition) is 0. The Kier molecular flexibility index (Phi) is 6.23. The van der Waals surface area contributed by atoms with Crippen molar-refractivity contribution in [3.8, 4) is 11.5 Å². The Balaban J connectivity index is 1.80. The normalized spacial score (nSPS) is 10.7. The number of aromatic nitrogens is 1. The Morgan fingerprint density at radius 2 is 1.85 bits per heavy atom. The average Bonchev–Trinajstić information content (AvgIpc) is 2.69. The summed E-state index contributed by atoms with van der Waals surface area (Å²) in [5.74, 6) is 0.402. The lowest BCUT2D eigenvalue weighted by Crippen LogP contribution is -2.09. The molecule has 0 amide bonds. The summed E-state index contributed by atoms with van der Waals surface area (Å²) in [7, 11) is 0. The van der Waals surface area contributed by atoms with Crippen molar-refractivity contribution in [3.05, 3.63) is 88.7 Å². The molecule has 5 heteroatoms. The highest BCUT2D eigenvalue weighted by atomic mass is 35.5. The van der Waals surface area contributed by atoms with E-state index >= 15 is 0 Å². The standard InChI is InChI=1S/C22H18ClNO3/c1-2-26-21-15-16(6-12-19-5-3-4-14-24-19)7-13-20(21)27-22(25)17-8-10-18(23)11-9-17/h3-15H,2H2,1H3/b12-6+. The minimum Gasteiger partial charge on any atom is -0.490 e. The van der Waals surface area contributed by atoms with E-state index in [0.717, 1.165) is 11.3 Å². The van der Waals surface area contributed by atoms with Gasteiger partial charge in [0.2, 0.25) is 0 Å². The molecule has 1 aromatic heterocycles. The van der Waals surface area contributed by atoms with Crippen LogP contribution in [0.4, 0.5) is 0 Å². The molecule has 0 spiro atoms. The van der Waals surface area contributed by atoms with Gasteiger partial charge in [0.25, 0.3) is 0 Å². The molecule has 0 bridgehead atoms. The molecule has 0 aliphatic rings. The number of ether oxygens (including phenoxy) is 2. The zero-order chi connectivity index (χ0) is 19.1. The Morgan fingerprint density at radius 3 is 2.56 bits per heavy atom. The Hall–Kier alpha value is -3.11. The topological polar surface area (TPSA) is 48.4 Å². The van der Waals surface area contributed by atoms with E-state index in [1.54, 1.807) is 36.5 Å². The van der Waals surface area contributed by atoms with E-state index in [-0.39, 0.29) is 0 Å². The monoisotopic (exact) mass is 379 g/mol. The summed E-state index contributed by atoms with van der Waals surface area (Å²) in [6.07, 6.45) is 5.57. The zero-order valence-electron chi connectivity index (χ0n) is 14.8. The number of pyridine rings is 1. The number of nitrogens with zero attached hydrogens (tertiary/aromatic N) is 1. The lowest BCUT2D eigenvalue weighted by atomic mass is 10.1. The fraction of sp³-hybridized carbons (Fsp3) is 0.0909. The van der Waals surface area contributed by atoms with Crippen molar-refractivity contribution in [1.82, 2.24) is 4.98 Å². The smallest absolute Gasteiger partial charge is 0.343 e. The maximum Gasteiger partial charge on any atom is 0.343 e. The molecule has 3 rings (SSSR count). The summed E-state index contributed by atoms with van der Waals surface area (Å²) in [6.45, 7) is 2.33. The summed E-state index contributed by atoms with van der Waals surface area (Å²) in [4.78, 5) is 16.6. The van der Waals surface area contributed by atoms with Gasteiger partial charge in [-0.1, -0.05) is 29.8 Å². The molecule has 0 N–H and O–H groups in total. The molecule has 0 atom stereocenters. The van der Waals surface area contributed by atoms with Crippen molar-refractivity contribution in [3.63, 3.8) is 0 Å². The molecule has 0 fully saturated rings. The van der Waals surface area contributed by atoms with Crippen LogP contribution in [-0.4, -0.2) is 17.6 Å². The predicted octanol–water partition coefficient (Wildman–Crippen LogP) is 5.52. The van der Waals surface area contributed by atoms with Crippen molar-refractivity contribution in [2.45, 2.75) is 6.92 Å². The summed E-state index contributed by atoms with van der Waals surface area (Å²) in [6, 6.07) is 17.6. The lowest BCUT2D eigenvalue weighted by molar-refractivity contribution is 0.0728. The van der Waals surface area contributed by atoms with Gasteiger partial charge in [-0.05, 0) is 67.1 Å². The zero-order valence-corrected chi connectivity index (χ0v) is 15.5. The van der Waals surface area contributed by atoms with E-state index in [1.807, 2.05) is 49.4 Å². The van der Waals surface area contributed by atoms with Gasteiger partial charge in [-0.2, -0.15) is 0 Å². The van der Waals surface area contributed by atoms with Gasteiger partial charge in [-0.15, -0.1) is 0 Å². The van der Waals surface area contributed by atoms with Gasteiger partial charge in [0.05, 0.1) is 17.9 Å². The Labute approximate surface area is 163 Å². The number of halogens is 1. The molecular formula is C22H18ClNO3. The first-order valence-corrected chi connectivity index (χ1v) is 8.87. The van der Waals surface area contributed by atoms with E-state index in [0.29, 0.717) is 28.7 Å². The molecule has 0 saturated heterocycles. The minimum absolute atomic E-state index is 0.367. The fourth-order valence-corrected chi connectivity index (χ4v) is 2.51. The lowest BCUT2D eigenvalue weighted by Gasteiger charge is -2.11. The number of esters is 1. The SMILES string of the molecule is CCOc1cc(/C=C/c2ccccn2)ccc1OC(=O)c1ccc(Cl)cc1. The third-order valence-electron chi connectivity index (χ3n) is 3.68. The van der Waals surface area contributed by atoms with E-state index in [1.165, 1.54) is 0 Å². The highest BCUT2D eigenvalue weighted by Gasteiger charge is 2.13. The highest BCUT2D eigenvalue weighted by Crippen LogP contribution is 2.30. The molecule has 4 nitrogen and oxygen atoms in total. The van der Waals surface area contributed by atoms with E-state index in [4.69, 9.17) is 21.1 Å². The van der Waals surface area contributed by atoms with Gasteiger partial charge in [0, 0.05) is 11.2 Å². The first-order chi connectivity index (χ1) is 13.2. The maximum atomic E-state index is 12.3. The van der Waals surface area contributed by atoms with Crippen molar-refractivity contribution in [1.29, 1.82) is 0 Å². The number of hydrogen-bond acceptors (Lipinski definition) is 4. The molecule has 0 aliphatic heterocycles. The molecular weight excluding hydrogens is 362 g/mol. The van der Waals surface area contributed by atoms with Crippen LogP contribution in [0.25, 0.3) is 12.2 Å². The van der Waals surface area contributed by atoms with E-state index in [9.17, 15) is 4.79 Å². The van der Waals surface area contributed by atoms with Gasteiger partial charge in [-0.3, -0.25) is 4.98 Å². The molecule has 1 heterocycles. The van der Waals surface area contributed by atoms with Crippen LogP contribution in [0.3, 0.4) is 0 Å². The van der Waals surface area contributed by atoms with Crippen molar-refractivity contribution >= 4 is 29.7 Å². The molecule has 0 radical (unpaired) electrons. The van der Waals surface area contributed by atoms with Crippen molar-refractivity contribution < 1.29 is 14.3 Å². The van der Waals surface area contributed by atoms with Crippen LogP contribution in [0, 0.1) is 0 Å². The molecule has 0 aliphatic carbocycles.